The summed E-state index contributed by atoms with van der Waals surface area (Å²) in [5.41, 5.74) is 1.41. The fraction of sp³-hybridized carbons (Fsp3) is 0.300. The number of rotatable bonds is 3. The summed E-state index contributed by atoms with van der Waals surface area (Å²) in [7, 11) is 3.62. The van der Waals surface area contributed by atoms with Gasteiger partial charge in [0.15, 0.2) is 5.78 Å². The van der Waals surface area contributed by atoms with Crippen LogP contribution < -0.4 is 0 Å². The molecule has 0 spiro atoms. The molecule has 2 aromatic heterocycles. The van der Waals surface area contributed by atoms with Crippen LogP contribution in [0.25, 0.3) is 0 Å². The Bertz CT molecular complexity index is 483. The number of carbonyl (C=O) groups is 1. The topological polar surface area (TPSA) is 52.7 Å². The molecule has 0 fully saturated rings. The summed E-state index contributed by atoms with van der Waals surface area (Å²) in [5, 5.41) is 8.06. The predicted octanol–water partition coefficient (Wildman–Crippen LogP) is 0.579. The molecule has 0 atom stereocenters. The summed E-state index contributed by atoms with van der Waals surface area (Å²) in [6, 6.07) is 1.72. The number of nitrogens with zero attached hydrogens (tertiary/aromatic N) is 4. The summed E-state index contributed by atoms with van der Waals surface area (Å²) in [4.78, 5) is 11.7. The van der Waals surface area contributed by atoms with Crippen molar-refractivity contribution in [2.24, 2.45) is 14.1 Å². The number of Topliss-reactive ketones (excluding diaryl/α,β-unsaturated/α-hetero) is 1. The van der Waals surface area contributed by atoms with Crippen molar-refractivity contribution in [2.45, 2.75) is 6.42 Å². The highest BCUT2D eigenvalue weighted by atomic mass is 16.1. The van der Waals surface area contributed by atoms with E-state index in [4.69, 9.17) is 0 Å². The molecule has 0 amide bonds. The van der Waals surface area contributed by atoms with Gasteiger partial charge in [0.05, 0.1) is 6.20 Å². The maximum absolute atomic E-state index is 11.7. The smallest absolute Gasteiger partial charge is 0.187 e. The van der Waals surface area contributed by atoms with E-state index in [2.05, 4.69) is 10.2 Å². The second-order valence-corrected chi connectivity index (χ2v) is 3.50. The zero-order chi connectivity index (χ0) is 10.8. The van der Waals surface area contributed by atoms with Crippen LogP contribution in [-0.4, -0.2) is 25.3 Å². The molecular weight excluding hydrogens is 192 g/mol. The first-order valence-electron chi connectivity index (χ1n) is 4.65. The van der Waals surface area contributed by atoms with Crippen molar-refractivity contribution in [1.82, 2.24) is 19.6 Å². The SMILES string of the molecule is Cn1cc(CC(=O)c2ccn(C)n2)cn1. The lowest BCUT2D eigenvalue weighted by Crippen LogP contribution is -2.04. The molecule has 0 bridgehead atoms. The van der Waals surface area contributed by atoms with E-state index in [0.717, 1.165) is 5.56 Å². The number of ketones is 1. The zero-order valence-electron chi connectivity index (χ0n) is 8.71. The molecule has 5 nitrogen and oxygen atoms in total. The minimum absolute atomic E-state index is 0.0172. The van der Waals surface area contributed by atoms with Gasteiger partial charge in [0.1, 0.15) is 5.69 Å². The van der Waals surface area contributed by atoms with Crippen LogP contribution in [0, 0.1) is 0 Å². The zero-order valence-corrected chi connectivity index (χ0v) is 8.71. The molecule has 0 saturated heterocycles. The van der Waals surface area contributed by atoms with Crippen molar-refractivity contribution in [3.05, 3.63) is 35.9 Å². The second-order valence-electron chi connectivity index (χ2n) is 3.50. The normalized spacial score (nSPS) is 10.5. The highest BCUT2D eigenvalue weighted by molar-refractivity contribution is 5.95. The fourth-order valence-corrected chi connectivity index (χ4v) is 1.40. The van der Waals surface area contributed by atoms with Crippen molar-refractivity contribution in [3.63, 3.8) is 0 Å². The third kappa shape index (κ3) is 2.12. The van der Waals surface area contributed by atoms with Crippen molar-refractivity contribution in [3.8, 4) is 0 Å². The maximum atomic E-state index is 11.7. The molecule has 0 radical (unpaired) electrons. The molecule has 0 N–H and O–H groups in total. The van der Waals surface area contributed by atoms with Gasteiger partial charge in [-0.1, -0.05) is 0 Å². The van der Waals surface area contributed by atoms with Crippen LogP contribution in [0.15, 0.2) is 24.7 Å². The summed E-state index contributed by atoms with van der Waals surface area (Å²) >= 11 is 0. The Morgan fingerprint density at radius 1 is 1.40 bits per heavy atom. The monoisotopic (exact) mass is 204 g/mol. The molecule has 0 aliphatic rings. The lowest BCUT2D eigenvalue weighted by Gasteiger charge is -1.93. The van der Waals surface area contributed by atoms with Crippen LogP contribution in [0.5, 0.6) is 0 Å². The number of hydrogen-bond acceptors (Lipinski definition) is 3. The molecule has 0 saturated carbocycles. The number of hydrogen-bond donors (Lipinski definition) is 0. The van der Waals surface area contributed by atoms with E-state index >= 15 is 0 Å². The number of carbonyl (C=O) groups excluding carboxylic acids is 1. The van der Waals surface area contributed by atoms with E-state index in [0.29, 0.717) is 12.1 Å². The second kappa shape index (κ2) is 3.68. The minimum atomic E-state index is 0.0172. The fourth-order valence-electron chi connectivity index (χ4n) is 1.40. The maximum Gasteiger partial charge on any atom is 0.187 e. The summed E-state index contributed by atoms with van der Waals surface area (Å²) in [6.07, 6.45) is 5.64. The van der Waals surface area contributed by atoms with Gasteiger partial charge in [0.25, 0.3) is 0 Å². The van der Waals surface area contributed by atoms with E-state index in [-0.39, 0.29) is 5.78 Å². The van der Waals surface area contributed by atoms with Crippen LogP contribution in [-0.2, 0) is 20.5 Å². The highest BCUT2D eigenvalue weighted by Gasteiger charge is 2.10. The predicted molar refractivity (Wildman–Crippen MR) is 54.5 cm³/mol. The van der Waals surface area contributed by atoms with Gasteiger partial charge >= 0.3 is 0 Å². The third-order valence-electron chi connectivity index (χ3n) is 2.12. The van der Waals surface area contributed by atoms with Crippen molar-refractivity contribution in [2.75, 3.05) is 0 Å². The van der Waals surface area contributed by atoms with Crippen molar-refractivity contribution in [1.29, 1.82) is 0 Å². The van der Waals surface area contributed by atoms with Gasteiger partial charge < -0.3 is 0 Å². The molecule has 0 unspecified atom stereocenters. The Kier molecular flexibility index (Phi) is 2.37. The van der Waals surface area contributed by atoms with Crippen LogP contribution >= 0.6 is 0 Å². The molecule has 0 aliphatic carbocycles. The van der Waals surface area contributed by atoms with E-state index in [1.165, 1.54) is 0 Å². The Hall–Kier alpha value is -1.91. The quantitative estimate of drug-likeness (QED) is 0.687. The van der Waals surface area contributed by atoms with Crippen LogP contribution in [0.1, 0.15) is 16.1 Å². The third-order valence-corrected chi connectivity index (χ3v) is 2.12. The van der Waals surface area contributed by atoms with Crippen LogP contribution in [0.3, 0.4) is 0 Å². The van der Waals surface area contributed by atoms with Gasteiger partial charge in [0.2, 0.25) is 0 Å². The van der Waals surface area contributed by atoms with Crippen molar-refractivity contribution >= 4 is 5.78 Å². The summed E-state index contributed by atoms with van der Waals surface area (Å²) < 4.78 is 3.30. The van der Waals surface area contributed by atoms with Crippen LogP contribution in [0.2, 0.25) is 0 Å². The van der Waals surface area contributed by atoms with Gasteiger partial charge in [-0.15, -0.1) is 0 Å². The van der Waals surface area contributed by atoms with E-state index in [9.17, 15) is 4.79 Å². The summed E-state index contributed by atoms with van der Waals surface area (Å²) in [6.45, 7) is 0. The Labute approximate surface area is 87.3 Å². The lowest BCUT2D eigenvalue weighted by molar-refractivity contribution is 0.0987. The van der Waals surface area contributed by atoms with E-state index in [1.807, 2.05) is 13.2 Å². The Morgan fingerprint density at radius 2 is 2.20 bits per heavy atom. The van der Waals surface area contributed by atoms with Crippen LogP contribution in [0.4, 0.5) is 0 Å². The standard InChI is InChI=1S/C10H12N4O/c1-13-4-3-9(12-13)10(15)5-8-6-11-14(2)7-8/h3-4,6-7H,5H2,1-2H3. The van der Waals surface area contributed by atoms with Gasteiger partial charge in [-0.05, 0) is 11.6 Å². The first-order chi connectivity index (χ1) is 7.15. The molecule has 0 aromatic carbocycles. The molecule has 15 heavy (non-hydrogen) atoms. The number of aryl methyl sites for hydroxylation is 2. The van der Waals surface area contributed by atoms with Gasteiger partial charge in [-0.25, -0.2) is 0 Å². The van der Waals surface area contributed by atoms with E-state index < -0.39 is 0 Å². The highest BCUT2D eigenvalue weighted by Crippen LogP contribution is 2.04. The Balaban J connectivity index is 2.10. The molecule has 2 rings (SSSR count). The molecule has 2 aromatic rings. The summed E-state index contributed by atoms with van der Waals surface area (Å²) in [5.74, 6) is 0.0172. The van der Waals surface area contributed by atoms with Gasteiger partial charge in [0, 0.05) is 32.9 Å². The average Bonchev–Trinajstić information content (AvgIpc) is 2.75. The average molecular weight is 204 g/mol. The first-order valence-corrected chi connectivity index (χ1v) is 4.65. The van der Waals surface area contributed by atoms with Gasteiger partial charge in [-0.2, -0.15) is 10.2 Å². The molecule has 5 heteroatoms. The Morgan fingerprint density at radius 3 is 2.73 bits per heavy atom. The van der Waals surface area contributed by atoms with Gasteiger partial charge in [-0.3, -0.25) is 14.2 Å². The lowest BCUT2D eigenvalue weighted by atomic mass is 10.1. The number of aromatic nitrogens is 4. The largest absolute Gasteiger partial charge is 0.292 e. The molecule has 78 valence electrons. The molecule has 2 heterocycles. The van der Waals surface area contributed by atoms with E-state index in [1.54, 1.807) is 34.9 Å². The molecule has 0 aliphatic heterocycles. The first kappa shape index (κ1) is 9.64. The van der Waals surface area contributed by atoms with Crippen molar-refractivity contribution < 1.29 is 4.79 Å². The minimum Gasteiger partial charge on any atom is -0.292 e. The molecular formula is C10H12N4O.